The highest BCUT2D eigenvalue weighted by molar-refractivity contribution is 5.96. The first-order valence-electron chi connectivity index (χ1n) is 10.6. The molecule has 2 aromatic carbocycles. The number of rotatable bonds is 7. The quantitative estimate of drug-likeness (QED) is 0.530. The normalized spacial score (nSPS) is 19.2. The highest BCUT2D eigenvalue weighted by Gasteiger charge is 2.49. The van der Waals surface area contributed by atoms with E-state index in [1.165, 1.54) is 31.1 Å². The third-order valence-electron chi connectivity index (χ3n) is 5.67. The predicted octanol–water partition coefficient (Wildman–Crippen LogP) is 2.23. The highest BCUT2D eigenvalue weighted by Crippen LogP contribution is 2.41. The van der Waals surface area contributed by atoms with Crippen LogP contribution < -0.4 is 10.6 Å². The molecule has 0 aromatic heterocycles. The van der Waals surface area contributed by atoms with Crippen molar-refractivity contribution in [2.75, 3.05) is 19.0 Å². The molecular formula is C24H25N3O7. The van der Waals surface area contributed by atoms with Crippen molar-refractivity contribution in [3.8, 4) is 0 Å². The van der Waals surface area contributed by atoms with Gasteiger partial charge >= 0.3 is 18.0 Å². The lowest BCUT2D eigenvalue weighted by molar-refractivity contribution is -0.149. The van der Waals surface area contributed by atoms with Gasteiger partial charge in [-0.25, -0.2) is 14.4 Å². The van der Waals surface area contributed by atoms with E-state index in [9.17, 15) is 29.1 Å². The molecule has 0 radical (unpaired) electrons. The number of ketones is 1. The molecule has 1 heterocycles. The zero-order valence-corrected chi connectivity index (χ0v) is 18.7. The lowest BCUT2D eigenvalue weighted by Crippen LogP contribution is -2.47. The molecule has 3 rings (SSSR count). The minimum Gasteiger partial charge on any atom is -0.480 e. The van der Waals surface area contributed by atoms with Crippen LogP contribution in [0.2, 0.25) is 0 Å². The molecule has 1 aliphatic heterocycles. The first kappa shape index (κ1) is 24.4. The standard InChI is InChI=1S/C24H25N3O7/c1-14(28)18-12-19(22(30)31)27(21(18)15-7-4-3-5-8-15)20(29)13-25-24(33)26-17-10-6-9-16(11-17)23(32)34-2/h3-11,18-19,21H,12-13H2,1-2H3,(H,30,31)(H2,25,26,33). The second-order valence-corrected chi connectivity index (χ2v) is 7.84. The van der Waals surface area contributed by atoms with Crippen molar-refractivity contribution in [3.63, 3.8) is 0 Å². The summed E-state index contributed by atoms with van der Waals surface area (Å²) < 4.78 is 4.64. The molecule has 0 bridgehead atoms. The fourth-order valence-electron chi connectivity index (χ4n) is 4.12. The monoisotopic (exact) mass is 467 g/mol. The summed E-state index contributed by atoms with van der Waals surface area (Å²) in [6.07, 6.45) is -0.0114. The molecule has 3 atom stereocenters. The number of benzene rings is 2. The van der Waals surface area contributed by atoms with E-state index in [-0.39, 0.29) is 17.8 Å². The molecule has 178 valence electrons. The highest BCUT2D eigenvalue weighted by atomic mass is 16.5. The van der Waals surface area contributed by atoms with Gasteiger partial charge in [0.15, 0.2) is 0 Å². The van der Waals surface area contributed by atoms with Crippen LogP contribution in [-0.4, -0.2) is 59.4 Å². The summed E-state index contributed by atoms with van der Waals surface area (Å²) >= 11 is 0. The summed E-state index contributed by atoms with van der Waals surface area (Å²) in [5, 5.41) is 14.6. The van der Waals surface area contributed by atoms with Crippen molar-refractivity contribution in [1.82, 2.24) is 10.2 Å². The van der Waals surface area contributed by atoms with Gasteiger partial charge in [-0.15, -0.1) is 0 Å². The molecule has 0 saturated carbocycles. The lowest BCUT2D eigenvalue weighted by Gasteiger charge is -2.30. The number of aliphatic carboxylic acids is 1. The summed E-state index contributed by atoms with van der Waals surface area (Å²) in [4.78, 5) is 62.5. The molecule has 10 heteroatoms. The maximum absolute atomic E-state index is 13.1. The smallest absolute Gasteiger partial charge is 0.337 e. The molecule has 10 nitrogen and oxygen atoms in total. The topological polar surface area (TPSA) is 142 Å². The predicted molar refractivity (Wildman–Crippen MR) is 121 cm³/mol. The lowest BCUT2D eigenvalue weighted by atomic mass is 9.90. The van der Waals surface area contributed by atoms with Gasteiger partial charge < -0.3 is 25.4 Å². The Bertz CT molecular complexity index is 1100. The van der Waals surface area contributed by atoms with Gasteiger partial charge in [0.25, 0.3) is 0 Å². The minimum atomic E-state index is -1.22. The molecule has 1 fully saturated rings. The van der Waals surface area contributed by atoms with Gasteiger partial charge in [0.05, 0.1) is 25.3 Å². The number of urea groups is 1. The second-order valence-electron chi connectivity index (χ2n) is 7.84. The Labute approximate surface area is 195 Å². The number of methoxy groups -OCH3 is 1. The molecule has 3 N–H and O–H groups in total. The number of ether oxygens (including phenoxy) is 1. The van der Waals surface area contributed by atoms with Crippen LogP contribution >= 0.6 is 0 Å². The van der Waals surface area contributed by atoms with Crippen molar-refractivity contribution in [2.24, 2.45) is 5.92 Å². The molecule has 1 aliphatic rings. The third kappa shape index (κ3) is 5.40. The molecule has 3 amide bonds. The first-order valence-corrected chi connectivity index (χ1v) is 10.6. The number of amides is 3. The number of likely N-dealkylation sites (tertiary alicyclic amines) is 1. The Kier molecular flexibility index (Phi) is 7.62. The van der Waals surface area contributed by atoms with Gasteiger partial charge in [-0.3, -0.25) is 9.59 Å². The van der Waals surface area contributed by atoms with Crippen LogP contribution in [0.15, 0.2) is 54.6 Å². The first-order chi connectivity index (χ1) is 16.2. The number of esters is 1. The average Bonchev–Trinajstić information content (AvgIpc) is 3.24. The van der Waals surface area contributed by atoms with Crippen molar-refractivity contribution < 1.29 is 33.8 Å². The number of anilines is 1. The summed E-state index contributed by atoms with van der Waals surface area (Å²) in [6, 6.07) is 12.1. The van der Waals surface area contributed by atoms with Gasteiger partial charge in [-0.05, 0) is 37.1 Å². The van der Waals surface area contributed by atoms with Crippen LogP contribution in [0.1, 0.15) is 35.3 Å². The van der Waals surface area contributed by atoms with Gasteiger partial charge in [0.1, 0.15) is 11.8 Å². The van der Waals surface area contributed by atoms with Crippen LogP contribution in [0.4, 0.5) is 10.5 Å². The van der Waals surface area contributed by atoms with E-state index in [0.717, 1.165) is 0 Å². The largest absolute Gasteiger partial charge is 0.480 e. The number of carbonyl (C=O) groups excluding carboxylic acids is 4. The molecule has 34 heavy (non-hydrogen) atoms. The van der Waals surface area contributed by atoms with E-state index in [1.54, 1.807) is 42.5 Å². The maximum Gasteiger partial charge on any atom is 0.337 e. The van der Waals surface area contributed by atoms with Crippen LogP contribution in [0.25, 0.3) is 0 Å². The summed E-state index contributed by atoms with van der Waals surface area (Å²) in [6.45, 7) is 0.891. The van der Waals surface area contributed by atoms with E-state index < -0.39 is 48.4 Å². The van der Waals surface area contributed by atoms with Crippen LogP contribution in [0, 0.1) is 5.92 Å². The Hall–Kier alpha value is -4.21. The third-order valence-corrected chi connectivity index (χ3v) is 5.67. The van der Waals surface area contributed by atoms with E-state index in [2.05, 4.69) is 15.4 Å². The Balaban J connectivity index is 1.74. The van der Waals surface area contributed by atoms with Gasteiger partial charge in [-0.1, -0.05) is 36.4 Å². The molecule has 2 aromatic rings. The van der Waals surface area contributed by atoms with E-state index in [4.69, 9.17) is 0 Å². The number of carbonyl (C=O) groups is 5. The molecular weight excluding hydrogens is 442 g/mol. The minimum absolute atomic E-state index is 0.0114. The van der Waals surface area contributed by atoms with E-state index in [1.807, 2.05) is 0 Å². The number of hydrogen-bond donors (Lipinski definition) is 3. The molecule has 1 saturated heterocycles. The SMILES string of the molecule is COC(=O)c1cccc(NC(=O)NCC(=O)N2C(C(=O)O)CC(C(C)=O)C2c2ccccc2)c1. The van der Waals surface area contributed by atoms with Crippen LogP contribution in [-0.2, 0) is 19.1 Å². The maximum atomic E-state index is 13.1. The van der Waals surface area contributed by atoms with Crippen LogP contribution in [0.5, 0.6) is 0 Å². The van der Waals surface area contributed by atoms with Crippen molar-refractivity contribution >= 4 is 35.3 Å². The average molecular weight is 467 g/mol. The van der Waals surface area contributed by atoms with Crippen molar-refractivity contribution in [2.45, 2.75) is 25.4 Å². The zero-order chi connectivity index (χ0) is 24.8. The number of nitrogens with zero attached hydrogens (tertiary/aromatic N) is 1. The Morgan fingerprint density at radius 3 is 2.38 bits per heavy atom. The van der Waals surface area contributed by atoms with Gasteiger partial charge in [0, 0.05) is 11.6 Å². The second kappa shape index (κ2) is 10.6. The molecule has 0 spiro atoms. The van der Waals surface area contributed by atoms with Gasteiger partial charge in [0.2, 0.25) is 5.91 Å². The van der Waals surface area contributed by atoms with Gasteiger partial charge in [-0.2, -0.15) is 0 Å². The van der Waals surface area contributed by atoms with E-state index >= 15 is 0 Å². The summed E-state index contributed by atoms with van der Waals surface area (Å²) in [7, 11) is 1.24. The number of carboxylic acids is 1. The fourth-order valence-corrected chi connectivity index (χ4v) is 4.12. The zero-order valence-electron chi connectivity index (χ0n) is 18.7. The number of Topliss-reactive ketones (excluding diaryl/α,β-unsaturated/α-hetero) is 1. The molecule has 3 unspecified atom stereocenters. The number of nitrogens with one attached hydrogen (secondary N) is 2. The molecule has 0 aliphatic carbocycles. The Morgan fingerprint density at radius 1 is 1.06 bits per heavy atom. The van der Waals surface area contributed by atoms with Crippen LogP contribution in [0.3, 0.4) is 0 Å². The van der Waals surface area contributed by atoms with Crippen molar-refractivity contribution in [1.29, 1.82) is 0 Å². The Morgan fingerprint density at radius 2 is 1.76 bits per heavy atom. The number of carboxylic acid groups (broad SMARTS) is 1. The summed E-state index contributed by atoms with van der Waals surface area (Å²) in [5.41, 5.74) is 1.18. The van der Waals surface area contributed by atoms with Crippen molar-refractivity contribution in [3.05, 3.63) is 65.7 Å². The number of hydrogen-bond acceptors (Lipinski definition) is 6. The summed E-state index contributed by atoms with van der Waals surface area (Å²) in [5.74, 6) is -3.32. The van der Waals surface area contributed by atoms with E-state index in [0.29, 0.717) is 11.3 Å². The fraction of sp³-hybridized carbons (Fsp3) is 0.292.